The van der Waals surface area contributed by atoms with Gasteiger partial charge in [-0.3, -0.25) is 9.59 Å². The molecule has 0 unspecified atom stereocenters. The lowest BCUT2D eigenvalue weighted by Crippen LogP contribution is -2.30. The van der Waals surface area contributed by atoms with Gasteiger partial charge >= 0.3 is 5.92 Å². The molecule has 1 aromatic rings. The summed E-state index contributed by atoms with van der Waals surface area (Å²) >= 11 is 4.29. The molecule has 0 bridgehead atoms. The number of ketones is 2. The van der Waals surface area contributed by atoms with E-state index < -0.39 is 17.5 Å². The largest absolute Gasteiger partial charge is 0.372 e. The number of carbonyl (C=O) groups is 2. The van der Waals surface area contributed by atoms with Crippen LogP contribution in [-0.2, 0) is 6.42 Å². The van der Waals surface area contributed by atoms with Gasteiger partial charge in [-0.2, -0.15) is 8.78 Å². The molecular weight excluding hydrogens is 410 g/mol. The molecule has 0 amide bonds. The maximum absolute atomic E-state index is 13.6. The number of fused-ring (bicyclic) bond motifs is 1. The second kappa shape index (κ2) is 9.36. The van der Waals surface area contributed by atoms with E-state index >= 15 is 0 Å². The molecule has 0 fully saturated rings. The first-order chi connectivity index (χ1) is 11.9. The fraction of sp³-hybridized carbons (Fsp3) is 0.684. The fourth-order valence-electron chi connectivity index (χ4n) is 3.25. The number of halogens is 3. The average Bonchev–Trinajstić information content (AvgIpc) is 2.98. The Kier molecular flexibility index (Phi) is 7.74. The number of carbonyl (C=O) groups excluding carboxylic acids is 2. The van der Waals surface area contributed by atoms with E-state index in [0.717, 1.165) is 30.6 Å². The van der Waals surface area contributed by atoms with Crippen molar-refractivity contribution in [2.45, 2.75) is 83.5 Å². The van der Waals surface area contributed by atoms with Crippen molar-refractivity contribution in [3.8, 4) is 0 Å². The van der Waals surface area contributed by atoms with Gasteiger partial charge in [0.2, 0.25) is 5.78 Å². The minimum Gasteiger partial charge on any atom is -0.287 e. The van der Waals surface area contributed by atoms with Crippen LogP contribution in [0.15, 0.2) is 3.79 Å². The summed E-state index contributed by atoms with van der Waals surface area (Å²) in [5, 5.41) is 0. The van der Waals surface area contributed by atoms with Crippen molar-refractivity contribution in [3.63, 3.8) is 0 Å². The van der Waals surface area contributed by atoms with Crippen LogP contribution in [0, 0.1) is 0 Å². The normalized spacial score (nSPS) is 15.8. The van der Waals surface area contributed by atoms with E-state index in [9.17, 15) is 18.4 Å². The van der Waals surface area contributed by atoms with E-state index in [1.807, 2.05) is 0 Å². The Morgan fingerprint density at radius 1 is 0.880 bits per heavy atom. The van der Waals surface area contributed by atoms with Gasteiger partial charge in [0, 0.05) is 0 Å². The van der Waals surface area contributed by atoms with Crippen molar-refractivity contribution in [3.05, 3.63) is 19.8 Å². The monoisotopic (exact) mass is 434 g/mol. The molecule has 0 N–H and O–H groups in total. The number of hydrogen-bond acceptors (Lipinski definition) is 3. The summed E-state index contributed by atoms with van der Waals surface area (Å²) in [7, 11) is 0. The number of thiophene rings is 1. The lowest BCUT2D eigenvalue weighted by Gasteiger charge is -2.06. The molecule has 0 aromatic carbocycles. The molecule has 0 saturated carbocycles. The van der Waals surface area contributed by atoms with Crippen molar-refractivity contribution < 1.29 is 18.4 Å². The van der Waals surface area contributed by atoms with Gasteiger partial charge < -0.3 is 0 Å². The fourth-order valence-corrected chi connectivity index (χ4v) is 5.18. The van der Waals surface area contributed by atoms with E-state index in [1.54, 1.807) is 0 Å². The molecule has 1 aliphatic carbocycles. The van der Waals surface area contributed by atoms with Crippen LogP contribution < -0.4 is 0 Å². The average molecular weight is 435 g/mol. The first-order valence-electron chi connectivity index (χ1n) is 9.19. The van der Waals surface area contributed by atoms with Crippen molar-refractivity contribution in [2.24, 2.45) is 0 Å². The van der Waals surface area contributed by atoms with Gasteiger partial charge in [-0.15, -0.1) is 11.3 Å². The summed E-state index contributed by atoms with van der Waals surface area (Å²) < 4.78 is 27.8. The van der Waals surface area contributed by atoms with Crippen LogP contribution in [0.4, 0.5) is 8.78 Å². The predicted molar refractivity (Wildman–Crippen MR) is 101 cm³/mol. The smallest absolute Gasteiger partial charge is 0.287 e. The Balaban J connectivity index is 1.74. The van der Waals surface area contributed by atoms with Crippen LogP contribution in [-0.4, -0.2) is 17.5 Å². The highest BCUT2D eigenvalue weighted by molar-refractivity contribution is 9.11. The maximum atomic E-state index is 13.6. The molecule has 0 aliphatic heterocycles. The molecule has 25 heavy (non-hydrogen) atoms. The van der Waals surface area contributed by atoms with Crippen LogP contribution in [0.2, 0.25) is 0 Å². The summed E-state index contributed by atoms with van der Waals surface area (Å²) in [5.41, 5.74) is 0.554. The molecule has 1 heterocycles. The van der Waals surface area contributed by atoms with Gasteiger partial charge in [-0.1, -0.05) is 64.7 Å². The molecule has 6 heteroatoms. The van der Waals surface area contributed by atoms with Crippen LogP contribution in [0.3, 0.4) is 0 Å². The van der Waals surface area contributed by atoms with Crippen LogP contribution in [0.5, 0.6) is 0 Å². The highest BCUT2D eigenvalue weighted by atomic mass is 79.9. The lowest BCUT2D eigenvalue weighted by atomic mass is 10.0. The minimum atomic E-state index is -3.87. The number of Topliss-reactive ketones (excluding diaryl/α,β-unsaturated/α-hetero) is 2. The molecule has 1 aliphatic rings. The van der Waals surface area contributed by atoms with Crippen molar-refractivity contribution in [1.29, 1.82) is 0 Å². The minimum absolute atomic E-state index is 0.0391. The first-order valence-corrected chi connectivity index (χ1v) is 10.8. The summed E-state index contributed by atoms with van der Waals surface area (Å²) in [5.74, 6) is -6.53. The molecule has 0 saturated heterocycles. The standard InChI is InChI=1S/C19H25BrF2O2S/c1-2-3-4-5-6-7-8-9-10-11-12-13-14-15(25-18(13)20)17(24)19(21,22)16(14)23/h2-12H2,1H3. The molecule has 140 valence electrons. The Morgan fingerprint density at radius 2 is 1.40 bits per heavy atom. The highest BCUT2D eigenvalue weighted by Crippen LogP contribution is 2.44. The van der Waals surface area contributed by atoms with Gasteiger partial charge in [0.05, 0.1) is 14.2 Å². The Hall–Kier alpha value is -0.620. The third kappa shape index (κ3) is 4.76. The van der Waals surface area contributed by atoms with Gasteiger partial charge in [0.1, 0.15) is 0 Å². The molecule has 0 radical (unpaired) electrons. The summed E-state index contributed by atoms with van der Waals surface area (Å²) in [6.07, 6.45) is 12.5. The quantitative estimate of drug-likeness (QED) is 0.277. The van der Waals surface area contributed by atoms with E-state index in [4.69, 9.17) is 0 Å². The van der Waals surface area contributed by atoms with Crippen molar-refractivity contribution in [2.75, 3.05) is 0 Å². The van der Waals surface area contributed by atoms with Crippen LogP contribution in [0.1, 0.15) is 96.7 Å². The van der Waals surface area contributed by atoms with Crippen LogP contribution >= 0.6 is 27.3 Å². The van der Waals surface area contributed by atoms with E-state index in [-0.39, 0.29) is 10.4 Å². The Bertz CT molecular complexity index is 625. The summed E-state index contributed by atoms with van der Waals surface area (Å²) in [6, 6.07) is 0. The van der Waals surface area contributed by atoms with E-state index in [2.05, 4.69) is 22.9 Å². The second-order valence-corrected chi connectivity index (χ2v) is 9.06. The van der Waals surface area contributed by atoms with E-state index in [0.29, 0.717) is 15.8 Å². The van der Waals surface area contributed by atoms with Gasteiger partial charge in [-0.25, -0.2) is 0 Å². The molecular formula is C19H25BrF2O2S. The molecule has 0 atom stereocenters. The Labute approximate surface area is 160 Å². The SMILES string of the molecule is CCCCCCCCCCCCc1c(Br)sc2c1C(=O)C(F)(F)C2=O. The predicted octanol–water partition coefficient (Wildman–Crippen LogP) is 6.99. The zero-order valence-corrected chi connectivity index (χ0v) is 17.0. The van der Waals surface area contributed by atoms with E-state index in [1.165, 1.54) is 44.9 Å². The van der Waals surface area contributed by atoms with Crippen molar-refractivity contribution >= 4 is 38.8 Å². The molecule has 2 rings (SSSR count). The van der Waals surface area contributed by atoms with Crippen molar-refractivity contribution in [1.82, 2.24) is 0 Å². The zero-order chi connectivity index (χ0) is 18.4. The summed E-state index contributed by atoms with van der Waals surface area (Å²) in [6.45, 7) is 2.21. The van der Waals surface area contributed by atoms with Gasteiger partial charge in [0.15, 0.2) is 0 Å². The van der Waals surface area contributed by atoms with Crippen LogP contribution in [0.25, 0.3) is 0 Å². The summed E-state index contributed by atoms with van der Waals surface area (Å²) in [4.78, 5) is 23.4. The Morgan fingerprint density at radius 3 is 1.96 bits per heavy atom. The first kappa shape index (κ1) is 20.7. The highest BCUT2D eigenvalue weighted by Gasteiger charge is 2.57. The maximum Gasteiger partial charge on any atom is 0.372 e. The zero-order valence-electron chi connectivity index (χ0n) is 14.6. The van der Waals surface area contributed by atoms with Gasteiger partial charge in [-0.05, 0) is 34.3 Å². The number of rotatable bonds is 11. The topological polar surface area (TPSA) is 34.1 Å². The number of hydrogen-bond donors (Lipinski definition) is 0. The van der Waals surface area contributed by atoms with Gasteiger partial charge in [0.25, 0.3) is 5.78 Å². The third-order valence-corrected chi connectivity index (χ3v) is 6.73. The molecule has 0 spiro atoms. The number of unbranched alkanes of at least 4 members (excludes halogenated alkanes) is 9. The second-order valence-electron chi connectivity index (χ2n) is 6.72. The third-order valence-electron chi connectivity index (χ3n) is 4.74. The molecule has 1 aromatic heterocycles. The number of alkyl halides is 2. The molecule has 2 nitrogen and oxygen atoms in total. The lowest BCUT2D eigenvalue weighted by molar-refractivity contribution is 0.0190.